The number of hydrogen-bond donors (Lipinski definition) is 4. The van der Waals surface area contributed by atoms with Crippen LogP contribution < -0.4 is 25.8 Å². The van der Waals surface area contributed by atoms with Crippen LogP contribution in [0.4, 0.5) is 0 Å². The van der Waals surface area contributed by atoms with Gasteiger partial charge in [-0.2, -0.15) is 0 Å². The molecule has 0 bridgehead atoms. The van der Waals surface area contributed by atoms with Crippen molar-refractivity contribution in [3.8, 4) is 11.5 Å². The third-order valence-corrected chi connectivity index (χ3v) is 9.33. The van der Waals surface area contributed by atoms with E-state index in [0.29, 0.717) is 50.0 Å². The molecule has 5 N–H and O–H groups in total. The van der Waals surface area contributed by atoms with Crippen molar-refractivity contribution >= 4 is 11.8 Å². The lowest BCUT2D eigenvalue weighted by Gasteiger charge is -2.33. The van der Waals surface area contributed by atoms with Crippen LogP contribution in [-0.2, 0) is 25.5 Å². The first kappa shape index (κ1) is 39.8. The summed E-state index contributed by atoms with van der Waals surface area (Å²) in [4.78, 5) is 26.6. The Morgan fingerprint density at radius 3 is 2.24 bits per heavy atom. The third-order valence-electron chi connectivity index (χ3n) is 9.33. The molecule has 10 heteroatoms. The number of aliphatic hydroxyl groups excluding tert-OH is 1. The molecule has 1 aliphatic rings. The molecule has 1 aliphatic heterocycles. The molecule has 1 aromatic carbocycles. The predicted octanol–water partition coefficient (Wildman–Crippen LogP) is 4.35. The molecule has 10 nitrogen and oxygen atoms in total. The van der Waals surface area contributed by atoms with Crippen LogP contribution in [0.3, 0.4) is 0 Å². The van der Waals surface area contributed by atoms with E-state index in [0.717, 1.165) is 38.0 Å². The smallest absolute Gasteiger partial charge is 0.237 e. The van der Waals surface area contributed by atoms with E-state index in [4.69, 9.17) is 24.7 Å². The molecular formula is C36H63N3O7. The van der Waals surface area contributed by atoms with Crippen molar-refractivity contribution in [3.05, 3.63) is 23.8 Å². The van der Waals surface area contributed by atoms with Gasteiger partial charge in [0.05, 0.1) is 31.9 Å². The van der Waals surface area contributed by atoms with Crippen molar-refractivity contribution in [1.29, 1.82) is 0 Å². The lowest BCUT2D eigenvalue weighted by atomic mass is 9.80. The average molecular weight is 650 g/mol. The highest BCUT2D eigenvalue weighted by atomic mass is 16.5. The molecule has 2 rings (SSSR count). The Morgan fingerprint density at radius 2 is 1.65 bits per heavy atom. The molecule has 3 unspecified atom stereocenters. The summed E-state index contributed by atoms with van der Waals surface area (Å²) in [5.41, 5.74) is 7.31. The van der Waals surface area contributed by atoms with Crippen LogP contribution in [0.25, 0.3) is 0 Å². The van der Waals surface area contributed by atoms with Gasteiger partial charge in [-0.05, 0) is 79.4 Å². The minimum Gasteiger partial charge on any atom is -0.493 e. The van der Waals surface area contributed by atoms with Crippen molar-refractivity contribution < 1.29 is 33.6 Å². The predicted molar refractivity (Wildman–Crippen MR) is 182 cm³/mol. The van der Waals surface area contributed by atoms with Gasteiger partial charge in [-0.15, -0.1) is 0 Å². The van der Waals surface area contributed by atoms with E-state index in [1.807, 2.05) is 45.9 Å². The van der Waals surface area contributed by atoms with E-state index in [1.54, 1.807) is 14.2 Å². The van der Waals surface area contributed by atoms with E-state index < -0.39 is 24.1 Å². The van der Waals surface area contributed by atoms with Gasteiger partial charge in [-0.25, -0.2) is 0 Å². The number of hydrogen-bond acceptors (Lipinski definition) is 8. The number of carbonyl (C=O) groups is 2. The van der Waals surface area contributed by atoms with E-state index in [9.17, 15) is 14.7 Å². The number of aliphatic hydroxyl groups is 1. The SMILES string of the molecule is COCCCOc1cc(CC(C[C@H](NC(=O)[C@@H](N)C(C)C)C(O)CC(C(=O)NCC2CCOCC2)C(C)C)C(C)C)ccc1OC. The summed E-state index contributed by atoms with van der Waals surface area (Å²) in [6, 6.07) is 4.69. The topological polar surface area (TPSA) is 141 Å². The fraction of sp³-hybridized carbons (Fsp3) is 0.778. The van der Waals surface area contributed by atoms with Gasteiger partial charge in [-0.1, -0.05) is 47.6 Å². The first-order valence-corrected chi connectivity index (χ1v) is 17.3. The largest absolute Gasteiger partial charge is 0.493 e. The molecule has 5 atom stereocenters. The van der Waals surface area contributed by atoms with Crippen molar-refractivity contribution in [2.45, 2.75) is 98.3 Å². The molecule has 1 aromatic rings. The Balaban J connectivity index is 2.24. The molecule has 0 spiro atoms. The van der Waals surface area contributed by atoms with E-state index in [-0.39, 0.29) is 41.9 Å². The molecule has 2 amide bonds. The van der Waals surface area contributed by atoms with E-state index >= 15 is 0 Å². The number of ether oxygens (including phenoxy) is 4. The molecule has 0 aromatic heterocycles. The Kier molecular flexibility index (Phi) is 17.9. The van der Waals surface area contributed by atoms with Gasteiger partial charge in [0.1, 0.15) is 0 Å². The first-order chi connectivity index (χ1) is 21.9. The number of carbonyl (C=O) groups excluding carboxylic acids is 2. The zero-order valence-electron chi connectivity index (χ0n) is 29.7. The fourth-order valence-corrected chi connectivity index (χ4v) is 5.89. The second-order valence-corrected chi connectivity index (χ2v) is 14.0. The molecular weight excluding hydrogens is 586 g/mol. The summed E-state index contributed by atoms with van der Waals surface area (Å²) < 4.78 is 22.1. The van der Waals surface area contributed by atoms with Crippen molar-refractivity contribution in [2.24, 2.45) is 41.2 Å². The number of amides is 2. The maximum Gasteiger partial charge on any atom is 0.237 e. The van der Waals surface area contributed by atoms with Crippen LogP contribution in [0.2, 0.25) is 0 Å². The summed E-state index contributed by atoms with van der Waals surface area (Å²) >= 11 is 0. The normalized spacial score (nSPS) is 17.4. The van der Waals surface area contributed by atoms with Crippen molar-refractivity contribution in [3.63, 3.8) is 0 Å². The van der Waals surface area contributed by atoms with Crippen LogP contribution >= 0.6 is 0 Å². The summed E-state index contributed by atoms with van der Waals surface area (Å²) in [6.07, 6.45) is 3.19. The highest BCUT2D eigenvalue weighted by Crippen LogP contribution is 2.32. The number of benzene rings is 1. The summed E-state index contributed by atoms with van der Waals surface area (Å²) in [7, 11) is 3.29. The van der Waals surface area contributed by atoms with Crippen LogP contribution in [0.5, 0.6) is 11.5 Å². The molecule has 264 valence electrons. The summed E-state index contributed by atoms with van der Waals surface area (Å²) in [6.45, 7) is 15.3. The first-order valence-electron chi connectivity index (χ1n) is 17.3. The quantitative estimate of drug-likeness (QED) is 0.144. The van der Waals surface area contributed by atoms with Gasteiger partial charge < -0.3 is 40.4 Å². The average Bonchev–Trinajstić information content (AvgIpc) is 3.03. The number of rotatable bonds is 21. The molecule has 1 saturated heterocycles. The fourth-order valence-electron chi connectivity index (χ4n) is 5.89. The zero-order chi connectivity index (χ0) is 34.2. The minimum absolute atomic E-state index is 0.0149. The molecule has 0 aliphatic carbocycles. The Morgan fingerprint density at radius 1 is 0.957 bits per heavy atom. The molecule has 1 fully saturated rings. The lowest BCUT2D eigenvalue weighted by Crippen LogP contribution is -2.53. The monoisotopic (exact) mass is 649 g/mol. The van der Waals surface area contributed by atoms with Gasteiger partial charge in [0.25, 0.3) is 0 Å². The Bertz CT molecular complexity index is 1030. The molecule has 0 radical (unpaired) electrons. The van der Waals surface area contributed by atoms with Crippen LogP contribution in [0, 0.1) is 35.5 Å². The van der Waals surface area contributed by atoms with Gasteiger partial charge >= 0.3 is 0 Å². The summed E-state index contributed by atoms with van der Waals surface area (Å²) in [5.74, 6) is 1.33. The Hall–Kier alpha value is -2.40. The third kappa shape index (κ3) is 13.4. The van der Waals surface area contributed by atoms with Crippen LogP contribution in [0.15, 0.2) is 18.2 Å². The van der Waals surface area contributed by atoms with Gasteiger partial charge in [-0.3, -0.25) is 9.59 Å². The van der Waals surface area contributed by atoms with Gasteiger partial charge in [0.2, 0.25) is 11.8 Å². The summed E-state index contributed by atoms with van der Waals surface area (Å²) in [5, 5.41) is 17.9. The van der Waals surface area contributed by atoms with Crippen molar-refractivity contribution in [2.75, 3.05) is 47.2 Å². The maximum absolute atomic E-state index is 13.4. The highest BCUT2D eigenvalue weighted by Gasteiger charge is 2.33. The van der Waals surface area contributed by atoms with Gasteiger partial charge in [0, 0.05) is 45.8 Å². The standard InChI is InChI=1S/C36H63N3O7/c1-23(2)28(18-27-10-11-32(44-8)33(19-27)46-15-9-14-43-7)20-30(39-36(42)34(37)25(5)6)31(40)21-29(24(3)4)35(41)38-22-26-12-16-45-17-13-26/h10-11,19,23-26,28-31,34,40H,9,12-18,20-22,37H2,1-8H3,(H,38,41)(H,39,42)/t28?,29?,30-,31?,34-/m0/s1. The molecule has 0 saturated carbocycles. The second kappa shape index (κ2) is 20.8. The van der Waals surface area contributed by atoms with Gasteiger partial charge in [0.15, 0.2) is 11.5 Å². The van der Waals surface area contributed by atoms with E-state index in [2.05, 4.69) is 24.5 Å². The van der Waals surface area contributed by atoms with Crippen molar-refractivity contribution in [1.82, 2.24) is 10.6 Å². The number of nitrogens with one attached hydrogen (secondary N) is 2. The highest BCUT2D eigenvalue weighted by molar-refractivity contribution is 5.82. The molecule has 46 heavy (non-hydrogen) atoms. The number of methoxy groups -OCH3 is 2. The van der Waals surface area contributed by atoms with E-state index in [1.165, 1.54) is 0 Å². The van der Waals surface area contributed by atoms with Crippen LogP contribution in [-0.4, -0.2) is 82.3 Å². The number of nitrogens with two attached hydrogens (primary N) is 1. The van der Waals surface area contributed by atoms with Crippen LogP contribution in [0.1, 0.15) is 79.2 Å². The minimum atomic E-state index is -0.929. The second-order valence-electron chi connectivity index (χ2n) is 14.0. The Labute approximate surface area is 277 Å². The lowest BCUT2D eigenvalue weighted by molar-refractivity contribution is -0.128. The zero-order valence-corrected chi connectivity index (χ0v) is 29.7. The molecule has 1 heterocycles. The maximum atomic E-state index is 13.4.